The number of carbonyl (C=O) groups is 1. The number of rotatable bonds is 4. The van der Waals surface area contributed by atoms with Crippen LogP contribution in [0.3, 0.4) is 0 Å². The van der Waals surface area contributed by atoms with E-state index in [-0.39, 0.29) is 11.9 Å². The van der Waals surface area contributed by atoms with E-state index in [1.807, 2.05) is 0 Å². The van der Waals surface area contributed by atoms with Gasteiger partial charge >= 0.3 is 0 Å². The summed E-state index contributed by atoms with van der Waals surface area (Å²) in [6.07, 6.45) is 5.07. The number of amides is 1. The molecule has 8 heteroatoms. The number of carbonyl (C=O) groups excluding carboxylic acids is 1. The first kappa shape index (κ1) is 19.0. The van der Waals surface area contributed by atoms with E-state index in [9.17, 15) is 10.1 Å². The SMILES string of the molecule is CC(=O)N[C@H]1CCN(c2nc(Nc3cc(N)cc(C#N)c3)nc3c2CCCC3)C1. The van der Waals surface area contributed by atoms with Gasteiger partial charge in [0.1, 0.15) is 5.82 Å². The van der Waals surface area contributed by atoms with E-state index in [0.29, 0.717) is 22.9 Å². The van der Waals surface area contributed by atoms with Crippen molar-refractivity contribution < 1.29 is 4.79 Å². The summed E-state index contributed by atoms with van der Waals surface area (Å²) in [4.78, 5) is 23.2. The molecule has 2 aliphatic rings. The third-order valence-corrected chi connectivity index (χ3v) is 5.40. The normalized spacial score (nSPS) is 18.1. The molecule has 1 amide bonds. The van der Waals surface area contributed by atoms with E-state index in [2.05, 4.69) is 21.6 Å². The van der Waals surface area contributed by atoms with Gasteiger partial charge in [-0.2, -0.15) is 10.2 Å². The van der Waals surface area contributed by atoms with Crippen molar-refractivity contribution in [2.45, 2.75) is 45.1 Å². The number of hydrogen-bond donors (Lipinski definition) is 3. The lowest BCUT2D eigenvalue weighted by atomic mass is 9.96. The van der Waals surface area contributed by atoms with Gasteiger partial charge in [-0.05, 0) is 50.3 Å². The number of nitrogens with two attached hydrogens (primary N) is 1. The largest absolute Gasteiger partial charge is 0.399 e. The van der Waals surface area contributed by atoms with Crippen LogP contribution in [0.5, 0.6) is 0 Å². The second-order valence-corrected chi connectivity index (χ2v) is 7.72. The third kappa shape index (κ3) is 4.24. The second kappa shape index (κ2) is 7.95. The number of nitrogens with zero attached hydrogens (tertiary/aromatic N) is 4. The molecule has 0 saturated carbocycles. The molecular weight excluding hydrogens is 366 g/mol. The number of benzene rings is 1. The fraction of sp³-hybridized carbons (Fsp3) is 0.429. The van der Waals surface area contributed by atoms with E-state index in [4.69, 9.17) is 15.7 Å². The lowest BCUT2D eigenvalue weighted by molar-refractivity contribution is -0.119. The van der Waals surface area contributed by atoms with Crippen LogP contribution in [0.1, 0.15) is 43.0 Å². The maximum atomic E-state index is 11.4. The highest BCUT2D eigenvalue weighted by Crippen LogP contribution is 2.32. The highest BCUT2D eigenvalue weighted by molar-refractivity contribution is 5.73. The van der Waals surface area contributed by atoms with Gasteiger partial charge in [-0.15, -0.1) is 0 Å². The monoisotopic (exact) mass is 391 g/mol. The van der Waals surface area contributed by atoms with E-state index in [1.54, 1.807) is 25.1 Å². The van der Waals surface area contributed by atoms with Crippen LogP contribution in [0.2, 0.25) is 0 Å². The molecule has 4 rings (SSSR count). The number of aromatic nitrogens is 2. The molecule has 0 radical (unpaired) electrons. The summed E-state index contributed by atoms with van der Waals surface area (Å²) in [5, 5.41) is 15.4. The predicted octanol–water partition coefficient (Wildman–Crippen LogP) is 2.27. The standard InChI is InChI=1S/C21H25N7O/c1-13(29)24-16-6-7-28(12-16)20-18-4-2-3-5-19(18)26-21(27-20)25-17-9-14(11-22)8-15(23)10-17/h8-10,16H,2-7,12,23H2,1H3,(H,24,29)(H,25,26,27)/t16-/m0/s1. The van der Waals surface area contributed by atoms with Gasteiger partial charge in [0.15, 0.2) is 0 Å². The number of aryl methyl sites for hydroxylation is 1. The summed E-state index contributed by atoms with van der Waals surface area (Å²) >= 11 is 0. The van der Waals surface area contributed by atoms with Crippen molar-refractivity contribution in [3.8, 4) is 6.07 Å². The van der Waals surface area contributed by atoms with Gasteiger partial charge in [0.25, 0.3) is 0 Å². The second-order valence-electron chi connectivity index (χ2n) is 7.72. The summed E-state index contributed by atoms with van der Waals surface area (Å²) in [5.41, 5.74) is 9.91. The molecule has 1 aliphatic heterocycles. The fourth-order valence-electron chi connectivity index (χ4n) is 4.17. The molecule has 1 aromatic heterocycles. The molecule has 8 nitrogen and oxygen atoms in total. The van der Waals surface area contributed by atoms with Crippen LogP contribution in [-0.4, -0.2) is 35.0 Å². The summed E-state index contributed by atoms with van der Waals surface area (Å²) in [7, 11) is 0. The number of nitrogen functional groups attached to an aromatic ring is 1. The summed E-state index contributed by atoms with van der Waals surface area (Å²) in [5.74, 6) is 1.46. The van der Waals surface area contributed by atoms with Crippen molar-refractivity contribution in [3.05, 3.63) is 35.0 Å². The highest BCUT2D eigenvalue weighted by atomic mass is 16.1. The lowest BCUT2D eigenvalue weighted by Gasteiger charge is -2.25. The van der Waals surface area contributed by atoms with E-state index < -0.39 is 0 Å². The molecule has 2 heterocycles. The fourth-order valence-corrected chi connectivity index (χ4v) is 4.17. The molecule has 4 N–H and O–H groups in total. The maximum absolute atomic E-state index is 11.4. The first-order valence-corrected chi connectivity index (χ1v) is 10.0. The van der Waals surface area contributed by atoms with Crippen LogP contribution in [-0.2, 0) is 17.6 Å². The van der Waals surface area contributed by atoms with Gasteiger partial charge in [-0.25, -0.2) is 4.98 Å². The number of nitrogens with one attached hydrogen (secondary N) is 2. The first-order chi connectivity index (χ1) is 14.0. The Kier molecular flexibility index (Phi) is 5.21. The minimum absolute atomic E-state index is 0.00103. The Morgan fingerprint density at radius 3 is 2.90 bits per heavy atom. The quantitative estimate of drug-likeness (QED) is 0.684. The Morgan fingerprint density at radius 2 is 2.10 bits per heavy atom. The zero-order valence-electron chi connectivity index (χ0n) is 16.5. The summed E-state index contributed by atoms with van der Waals surface area (Å²) in [6.45, 7) is 3.16. The molecule has 0 spiro atoms. The summed E-state index contributed by atoms with van der Waals surface area (Å²) in [6, 6.07) is 7.40. The molecule has 1 aromatic carbocycles. The first-order valence-electron chi connectivity index (χ1n) is 10.0. The third-order valence-electron chi connectivity index (χ3n) is 5.40. The van der Waals surface area contributed by atoms with Gasteiger partial charge in [0.2, 0.25) is 11.9 Å². The number of hydrogen-bond acceptors (Lipinski definition) is 7. The van der Waals surface area contributed by atoms with Crippen LogP contribution < -0.4 is 21.3 Å². The Morgan fingerprint density at radius 1 is 1.28 bits per heavy atom. The average molecular weight is 391 g/mol. The molecule has 0 bridgehead atoms. The molecule has 0 unspecified atom stereocenters. The van der Waals surface area contributed by atoms with Crippen molar-refractivity contribution in [1.29, 1.82) is 5.26 Å². The van der Waals surface area contributed by atoms with Gasteiger partial charge in [-0.3, -0.25) is 4.79 Å². The zero-order chi connectivity index (χ0) is 20.4. The Bertz CT molecular complexity index is 982. The minimum atomic E-state index is -0.00103. The predicted molar refractivity (Wildman–Crippen MR) is 112 cm³/mol. The minimum Gasteiger partial charge on any atom is -0.399 e. The summed E-state index contributed by atoms with van der Waals surface area (Å²) < 4.78 is 0. The Labute approximate surface area is 170 Å². The van der Waals surface area contributed by atoms with Crippen LogP contribution in [0.15, 0.2) is 18.2 Å². The number of anilines is 4. The highest BCUT2D eigenvalue weighted by Gasteiger charge is 2.28. The van der Waals surface area contributed by atoms with Crippen LogP contribution >= 0.6 is 0 Å². The van der Waals surface area contributed by atoms with Gasteiger partial charge in [0.05, 0.1) is 17.3 Å². The molecule has 1 aliphatic carbocycles. The molecule has 150 valence electrons. The lowest BCUT2D eigenvalue weighted by Crippen LogP contribution is -2.36. The van der Waals surface area contributed by atoms with Gasteiger partial charge < -0.3 is 21.3 Å². The average Bonchev–Trinajstić information content (AvgIpc) is 3.14. The smallest absolute Gasteiger partial charge is 0.229 e. The van der Waals surface area contributed by atoms with Crippen LogP contribution in [0.4, 0.5) is 23.1 Å². The van der Waals surface area contributed by atoms with Gasteiger partial charge in [0, 0.05) is 43.0 Å². The molecule has 1 atom stereocenters. The van der Waals surface area contributed by atoms with E-state index in [1.165, 1.54) is 5.56 Å². The van der Waals surface area contributed by atoms with E-state index in [0.717, 1.165) is 56.7 Å². The van der Waals surface area contributed by atoms with Crippen molar-refractivity contribution in [2.24, 2.45) is 0 Å². The number of nitriles is 1. The molecular formula is C21H25N7O. The number of fused-ring (bicyclic) bond motifs is 1. The molecule has 2 aromatic rings. The molecule has 29 heavy (non-hydrogen) atoms. The van der Waals surface area contributed by atoms with Crippen LogP contribution in [0, 0.1) is 11.3 Å². The van der Waals surface area contributed by atoms with E-state index >= 15 is 0 Å². The zero-order valence-corrected chi connectivity index (χ0v) is 16.5. The van der Waals surface area contributed by atoms with Crippen molar-refractivity contribution >= 4 is 29.0 Å². The Hall–Kier alpha value is -3.34. The van der Waals surface area contributed by atoms with Crippen molar-refractivity contribution in [2.75, 3.05) is 29.0 Å². The van der Waals surface area contributed by atoms with Crippen LogP contribution in [0.25, 0.3) is 0 Å². The topological polar surface area (TPSA) is 120 Å². The van der Waals surface area contributed by atoms with Gasteiger partial charge in [-0.1, -0.05) is 0 Å². The molecule has 1 fully saturated rings. The van der Waals surface area contributed by atoms with Crippen molar-refractivity contribution in [3.63, 3.8) is 0 Å². The molecule has 1 saturated heterocycles. The Balaban J connectivity index is 1.65. The maximum Gasteiger partial charge on any atom is 0.229 e. The van der Waals surface area contributed by atoms with Crippen molar-refractivity contribution in [1.82, 2.24) is 15.3 Å².